The van der Waals surface area contributed by atoms with Gasteiger partial charge < -0.3 is 5.32 Å². The second-order valence-electron chi connectivity index (χ2n) is 3.89. The second-order valence-corrected chi connectivity index (χ2v) is 4.68. The first kappa shape index (κ1) is 15.5. The third-order valence-electron chi connectivity index (χ3n) is 2.70. The van der Waals surface area contributed by atoms with E-state index in [1.165, 1.54) is 17.3 Å². The van der Waals surface area contributed by atoms with Crippen LogP contribution < -0.4 is 5.32 Å². The van der Waals surface area contributed by atoms with Crippen LogP contribution in [0.4, 0.5) is 0 Å². The van der Waals surface area contributed by atoms with Crippen molar-refractivity contribution < 1.29 is 4.79 Å². The van der Waals surface area contributed by atoms with Gasteiger partial charge in [0.15, 0.2) is 0 Å². The fourth-order valence-corrected chi connectivity index (χ4v) is 2.15. The number of amides is 1. The number of thioether (sulfide) groups is 1. The van der Waals surface area contributed by atoms with Crippen LogP contribution >= 0.6 is 11.8 Å². The van der Waals surface area contributed by atoms with E-state index in [4.69, 9.17) is 0 Å². The number of nitrogens with zero attached hydrogens (tertiary/aromatic N) is 1. The maximum absolute atomic E-state index is 12.0. The molecule has 102 valence electrons. The fourth-order valence-electron chi connectivity index (χ4n) is 1.60. The van der Waals surface area contributed by atoms with Crippen molar-refractivity contribution in [3.8, 4) is 0 Å². The molecular formula is C15H20N2OS. The van der Waals surface area contributed by atoms with Crippen molar-refractivity contribution in [3.05, 3.63) is 47.7 Å². The Balaban J connectivity index is 2.57. The molecule has 1 N–H and O–H groups in total. The molecule has 0 fully saturated rings. The van der Waals surface area contributed by atoms with Crippen molar-refractivity contribution in [2.45, 2.75) is 25.3 Å². The summed E-state index contributed by atoms with van der Waals surface area (Å²) in [6, 6.07) is 3.57. The minimum absolute atomic E-state index is 0.0828. The summed E-state index contributed by atoms with van der Waals surface area (Å²) in [5.41, 5.74) is 1.89. The molecule has 0 radical (unpaired) electrons. The smallest absolute Gasteiger partial charge is 0.254 e. The number of hydrogen-bond acceptors (Lipinski definition) is 3. The zero-order chi connectivity index (χ0) is 14.1. The number of pyridine rings is 1. The SMILES string of the molecule is C/C=C(/C=C\CNC(=O)c1cccnc1SC)CC. The van der Waals surface area contributed by atoms with Crippen LogP contribution in [0.15, 0.2) is 47.2 Å². The molecule has 0 saturated carbocycles. The van der Waals surface area contributed by atoms with Gasteiger partial charge in [-0.1, -0.05) is 30.7 Å². The molecule has 1 rings (SSSR count). The maximum Gasteiger partial charge on any atom is 0.254 e. The molecular weight excluding hydrogens is 256 g/mol. The Hall–Kier alpha value is -1.55. The summed E-state index contributed by atoms with van der Waals surface area (Å²) in [5.74, 6) is -0.0828. The number of allylic oxidation sites excluding steroid dienone is 3. The average molecular weight is 276 g/mol. The van der Waals surface area contributed by atoms with E-state index in [2.05, 4.69) is 23.3 Å². The lowest BCUT2D eigenvalue weighted by atomic mass is 10.2. The van der Waals surface area contributed by atoms with Crippen molar-refractivity contribution in [2.24, 2.45) is 0 Å². The van der Waals surface area contributed by atoms with Crippen LogP contribution in [0.2, 0.25) is 0 Å². The van der Waals surface area contributed by atoms with E-state index < -0.39 is 0 Å². The minimum Gasteiger partial charge on any atom is -0.348 e. The Labute approximate surface area is 119 Å². The van der Waals surface area contributed by atoms with Gasteiger partial charge in [-0.15, -0.1) is 11.8 Å². The lowest BCUT2D eigenvalue weighted by Crippen LogP contribution is -2.24. The lowest BCUT2D eigenvalue weighted by Gasteiger charge is -2.05. The molecule has 0 aliphatic heterocycles. The van der Waals surface area contributed by atoms with Crippen LogP contribution in [0, 0.1) is 0 Å². The summed E-state index contributed by atoms with van der Waals surface area (Å²) < 4.78 is 0. The summed E-state index contributed by atoms with van der Waals surface area (Å²) in [7, 11) is 0. The number of carbonyl (C=O) groups is 1. The van der Waals surface area contributed by atoms with Crippen molar-refractivity contribution in [3.63, 3.8) is 0 Å². The quantitative estimate of drug-likeness (QED) is 0.639. The molecule has 0 aliphatic carbocycles. The highest BCUT2D eigenvalue weighted by Gasteiger charge is 2.09. The first-order valence-corrected chi connectivity index (χ1v) is 7.54. The summed E-state index contributed by atoms with van der Waals surface area (Å²) in [4.78, 5) is 16.2. The molecule has 19 heavy (non-hydrogen) atoms. The van der Waals surface area contributed by atoms with Gasteiger partial charge >= 0.3 is 0 Å². The minimum atomic E-state index is -0.0828. The van der Waals surface area contributed by atoms with Crippen LogP contribution in [-0.2, 0) is 0 Å². The van der Waals surface area contributed by atoms with Crippen molar-refractivity contribution >= 4 is 17.7 Å². The van der Waals surface area contributed by atoms with Gasteiger partial charge in [0.25, 0.3) is 5.91 Å². The fraction of sp³-hybridized carbons (Fsp3) is 0.333. The van der Waals surface area contributed by atoms with Crippen LogP contribution in [0.25, 0.3) is 0 Å². The van der Waals surface area contributed by atoms with Gasteiger partial charge in [-0.25, -0.2) is 4.98 Å². The number of hydrogen-bond donors (Lipinski definition) is 1. The van der Waals surface area contributed by atoms with Crippen molar-refractivity contribution in [2.75, 3.05) is 12.8 Å². The first-order chi connectivity index (χ1) is 9.22. The Kier molecular flexibility index (Phi) is 6.97. The highest BCUT2D eigenvalue weighted by atomic mass is 32.2. The predicted molar refractivity (Wildman–Crippen MR) is 81.5 cm³/mol. The van der Waals surface area contributed by atoms with Crippen molar-refractivity contribution in [1.29, 1.82) is 0 Å². The Morgan fingerprint density at radius 1 is 1.53 bits per heavy atom. The molecule has 4 heteroatoms. The molecule has 1 amide bonds. The zero-order valence-electron chi connectivity index (χ0n) is 11.6. The molecule has 1 heterocycles. The van der Waals surface area contributed by atoms with E-state index >= 15 is 0 Å². The van der Waals surface area contributed by atoms with Gasteiger partial charge in [-0.3, -0.25) is 4.79 Å². The van der Waals surface area contributed by atoms with Crippen molar-refractivity contribution in [1.82, 2.24) is 10.3 Å². The molecule has 0 bridgehead atoms. The first-order valence-electron chi connectivity index (χ1n) is 6.31. The van der Waals surface area contributed by atoms with Gasteiger partial charge in [0.05, 0.1) is 5.56 Å². The summed E-state index contributed by atoms with van der Waals surface area (Å²) in [5, 5.41) is 3.63. The number of aromatic nitrogens is 1. The van der Waals surface area contributed by atoms with Crippen LogP contribution in [0.5, 0.6) is 0 Å². The van der Waals surface area contributed by atoms with Crippen LogP contribution in [0.1, 0.15) is 30.6 Å². The van der Waals surface area contributed by atoms with E-state index in [1.54, 1.807) is 18.3 Å². The van der Waals surface area contributed by atoms with E-state index in [0.29, 0.717) is 12.1 Å². The Morgan fingerprint density at radius 3 is 2.95 bits per heavy atom. The molecule has 1 aromatic heterocycles. The van der Waals surface area contributed by atoms with E-state index in [0.717, 1.165) is 11.4 Å². The highest BCUT2D eigenvalue weighted by Crippen LogP contribution is 2.16. The topological polar surface area (TPSA) is 42.0 Å². The predicted octanol–water partition coefficient (Wildman–Crippen LogP) is 3.45. The molecule has 0 unspecified atom stereocenters. The molecule has 1 aromatic rings. The van der Waals surface area contributed by atoms with Gasteiger partial charge in [0.2, 0.25) is 0 Å². The third kappa shape index (κ3) is 4.91. The number of rotatable bonds is 6. The second kappa shape index (κ2) is 8.53. The molecule has 0 aromatic carbocycles. The molecule has 0 atom stereocenters. The third-order valence-corrected chi connectivity index (χ3v) is 3.41. The van der Waals surface area contributed by atoms with Gasteiger partial charge in [-0.05, 0) is 31.7 Å². The number of carbonyl (C=O) groups excluding carboxylic acids is 1. The van der Waals surface area contributed by atoms with E-state index in [9.17, 15) is 4.79 Å². The summed E-state index contributed by atoms with van der Waals surface area (Å²) in [6.07, 6.45) is 10.7. The summed E-state index contributed by atoms with van der Waals surface area (Å²) >= 11 is 1.48. The van der Waals surface area contributed by atoms with Gasteiger partial charge in [0, 0.05) is 12.7 Å². The van der Waals surface area contributed by atoms with Gasteiger partial charge in [0.1, 0.15) is 5.03 Å². The van der Waals surface area contributed by atoms with E-state index in [1.807, 2.05) is 25.3 Å². The van der Waals surface area contributed by atoms with Crippen LogP contribution in [-0.4, -0.2) is 23.7 Å². The molecule has 0 saturated heterocycles. The van der Waals surface area contributed by atoms with E-state index in [-0.39, 0.29) is 5.91 Å². The molecule has 3 nitrogen and oxygen atoms in total. The summed E-state index contributed by atoms with van der Waals surface area (Å²) in [6.45, 7) is 4.65. The Morgan fingerprint density at radius 2 is 2.32 bits per heavy atom. The molecule has 0 aliphatic rings. The number of nitrogens with one attached hydrogen (secondary N) is 1. The average Bonchev–Trinajstić information content (AvgIpc) is 2.47. The Bertz CT molecular complexity index is 481. The highest BCUT2D eigenvalue weighted by molar-refractivity contribution is 7.98. The maximum atomic E-state index is 12.0. The lowest BCUT2D eigenvalue weighted by molar-refractivity contribution is 0.0954. The van der Waals surface area contributed by atoms with Gasteiger partial charge in [-0.2, -0.15) is 0 Å². The largest absolute Gasteiger partial charge is 0.348 e. The van der Waals surface area contributed by atoms with Crippen LogP contribution in [0.3, 0.4) is 0 Å². The normalized spacial score (nSPS) is 11.8. The zero-order valence-corrected chi connectivity index (χ0v) is 12.5. The molecule has 0 spiro atoms. The standard InChI is InChI=1S/C15H20N2OS/c1-4-12(5-2)8-6-10-16-14(18)13-9-7-11-17-15(13)19-3/h4,6-9,11H,5,10H2,1-3H3,(H,16,18)/b8-6-,12-4+. The monoisotopic (exact) mass is 276 g/mol.